The van der Waals surface area contributed by atoms with Gasteiger partial charge in [0.1, 0.15) is 9.84 Å². The minimum absolute atomic E-state index is 0.115. The third kappa shape index (κ3) is 3.26. The minimum Gasteiger partial charge on any atom is -0.408 e. The van der Waals surface area contributed by atoms with Gasteiger partial charge in [-0.2, -0.15) is 0 Å². The number of oxazole rings is 1. The van der Waals surface area contributed by atoms with Gasteiger partial charge in [0, 0.05) is 30.8 Å². The second-order valence-electron chi connectivity index (χ2n) is 5.68. The van der Waals surface area contributed by atoms with Crippen LogP contribution in [0.5, 0.6) is 0 Å². The first-order chi connectivity index (χ1) is 11.4. The average Bonchev–Trinajstić information content (AvgIpc) is 2.87. The molecule has 0 bridgehead atoms. The van der Waals surface area contributed by atoms with Crippen molar-refractivity contribution in [2.24, 2.45) is 7.05 Å². The minimum atomic E-state index is -3.01. The summed E-state index contributed by atoms with van der Waals surface area (Å²) in [5.41, 5.74) is 3.87. The van der Waals surface area contributed by atoms with E-state index in [1.807, 2.05) is 18.2 Å². The Hall–Kier alpha value is -2.41. The van der Waals surface area contributed by atoms with Gasteiger partial charge in [0.2, 0.25) is 0 Å². The van der Waals surface area contributed by atoms with E-state index in [-0.39, 0.29) is 11.5 Å². The third-order valence-corrected chi connectivity index (χ3v) is 5.77. The van der Waals surface area contributed by atoms with Crippen LogP contribution in [0.2, 0.25) is 0 Å². The fraction of sp³-hybridized carbons (Fsp3) is 0.294. The van der Waals surface area contributed by atoms with Crippen molar-refractivity contribution in [3.63, 3.8) is 0 Å². The van der Waals surface area contributed by atoms with Gasteiger partial charge in [0.15, 0.2) is 5.58 Å². The van der Waals surface area contributed by atoms with Gasteiger partial charge in [0.05, 0.1) is 11.3 Å². The lowest BCUT2D eigenvalue weighted by molar-refractivity contribution is 0.528. The van der Waals surface area contributed by atoms with Crippen molar-refractivity contribution >= 4 is 20.9 Å². The van der Waals surface area contributed by atoms with Gasteiger partial charge in [-0.1, -0.05) is 13.0 Å². The Morgan fingerprint density at radius 3 is 2.71 bits per heavy atom. The molecule has 126 valence electrons. The number of aryl methyl sites for hydroxylation is 2. The van der Waals surface area contributed by atoms with Crippen LogP contribution in [0, 0.1) is 0 Å². The van der Waals surface area contributed by atoms with Crippen LogP contribution in [0.1, 0.15) is 12.5 Å². The monoisotopic (exact) mass is 346 g/mol. The fourth-order valence-corrected chi connectivity index (χ4v) is 3.34. The highest BCUT2D eigenvalue weighted by Gasteiger charge is 2.10. The molecule has 0 radical (unpaired) electrons. The molecule has 0 atom stereocenters. The Kier molecular flexibility index (Phi) is 4.28. The van der Waals surface area contributed by atoms with Crippen LogP contribution in [-0.4, -0.2) is 29.5 Å². The molecule has 0 unspecified atom stereocenters. The van der Waals surface area contributed by atoms with Crippen LogP contribution in [0.3, 0.4) is 0 Å². The van der Waals surface area contributed by atoms with Gasteiger partial charge in [-0.25, -0.2) is 13.2 Å². The highest BCUT2D eigenvalue weighted by atomic mass is 32.2. The number of hydrogen-bond donors (Lipinski definition) is 0. The molecule has 0 saturated heterocycles. The van der Waals surface area contributed by atoms with Crippen LogP contribution in [0.25, 0.3) is 22.2 Å². The van der Waals surface area contributed by atoms with Crippen LogP contribution in [0.4, 0.5) is 0 Å². The van der Waals surface area contributed by atoms with E-state index in [4.69, 9.17) is 4.42 Å². The molecule has 0 aliphatic heterocycles. The number of sulfone groups is 1. The molecule has 6 nitrogen and oxygen atoms in total. The Balaban J connectivity index is 1.94. The van der Waals surface area contributed by atoms with Gasteiger partial charge in [0.25, 0.3) is 0 Å². The molecular weight excluding hydrogens is 328 g/mol. The van der Waals surface area contributed by atoms with E-state index < -0.39 is 15.6 Å². The van der Waals surface area contributed by atoms with Crippen LogP contribution in [-0.2, 0) is 23.3 Å². The number of aromatic nitrogens is 2. The van der Waals surface area contributed by atoms with E-state index in [1.54, 1.807) is 32.4 Å². The predicted octanol–water partition coefficient (Wildman–Crippen LogP) is 2.17. The van der Waals surface area contributed by atoms with Crippen LogP contribution < -0.4 is 5.76 Å². The zero-order valence-electron chi connectivity index (χ0n) is 13.5. The van der Waals surface area contributed by atoms with Gasteiger partial charge in [-0.15, -0.1) is 0 Å². The molecule has 7 heteroatoms. The number of rotatable bonds is 5. The summed E-state index contributed by atoms with van der Waals surface area (Å²) < 4.78 is 29.9. The molecule has 24 heavy (non-hydrogen) atoms. The zero-order valence-corrected chi connectivity index (χ0v) is 14.3. The smallest absolute Gasteiger partial charge is 0.408 e. The van der Waals surface area contributed by atoms with E-state index in [2.05, 4.69) is 4.98 Å². The number of pyridine rings is 1. The van der Waals surface area contributed by atoms with E-state index in [9.17, 15) is 13.2 Å². The Morgan fingerprint density at radius 1 is 1.17 bits per heavy atom. The zero-order chi connectivity index (χ0) is 17.3. The second kappa shape index (κ2) is 6.24. The maximum Gasteiger partial charge on any atom is 0.419 e. The first-order valence-electron chi connectivity index (χ1n) is 7.64. The summed E-state index contributed by atoms with van der Waals surface area (Å²) in [7, 11) is -1.35. The molecule has 0 saturated carbocycles. The standard InChI is InChI=1S/C17H18N2O4S/c1-3-24(21,22)7-6-12-8-14(11-18-10-12)13-4-5-16-15(9-13)19(2)17(20)23-16/h4-5,8-11H,3,6-7H2,1-2H3. The molecule has 3 rings (SSSR count). The topological polar surface area (TPSA) is 82.2 Å². The summed E-state index contributed by atoms with van der Waals surface area (Å²) in [6.07, 6.45) is 3.83. The molecule has 0 aliphatic carbocycles. The van der Waals surface area contributed by atoms with Crippen LogP contribution >= 0.6 is 0 Å². The van der Waals surface area contributed by atoms with Crippen molar-refractivity contribution in [1.82, 2.24) is 9.55 Å². The number of nitrogens with zero attached hydrogens (tertiary/aromatic N) is 2. The normalized spacial score (nSPS) is 11.9. The summed E-state index contributed by atoms with van der Waals surface area (Å²) in [6.45, 7) is 1.65. The maximum absolute atomic E-state index is 11.7. The van der Waals surface area contributed by atoms with Gasteiger partial charge < -0.3 is 4.42 Å². The molecule has 3 aromatic rings. The van der Waals surface area contributed by atoms with E-state index in [0.29, 0.717) is 17.5 Å². The number of fused-ring (bicyclic) bond motifs is 1. The average molecular weight is 346 g/mol. The molecule has 0 fully saturated rings. The van der Waals surface area contributed by atoms with Gasteiger partial charge >= 0.3 is 5.76 Å². The molecule has 2 aromatic heterocycles. The maximum atomic E-state index is 11.7. The highest BCUT2D eigenvalue weighted by Crippen LogP contribution is 2.24. The molecule has 0 aliphatic rings. The van der Waals surface area contributed by atoms with E-state index >= 15 is 0 Å². The van der Waals surface area contributed by atoms with Crippen molar-refractivity contribution in [3.05, 3.63) is 52.8 Å². The van der Waals surface area contributed by atoms with Crippen molar-refractivity contribution in [3.8, 4) is 11.1 Å². The largest absolute Gasteiger partial charge is 0.419 e. The summed E-state index contributed by atoms with van der Waals surface area (Å²) >= 11 is 0. The fourth-order valence-electron chi connectivity index (χ4n) is 2.51. The van der Waals surface area contributed by atoms with Crippen molar-refractivity contribution in [2.45, 2.75) is 13.3 Å². The van der Waals surface area contributed by atoms with Gasteiger partial charge in [-0.3, -0.25) is 9.55 Å². The predicted molar refractivity (Wildman–Crippen MR) is 92.7 cm³/mol. The summed E-state index contributed by atoms with van der Waals surface area (Å²) in [4.78, 5) is 15.8. The molecular formula is C17H18N2O4S. The van der Waals surface area contributed by atoms with Gasteiger partial charge in [-0.05, 0) is 35.7 Å². The number of hydrogen-bond acceptors (Lipinski definition) is 5. The van der Waals surface area contributed by atoms with E-state index in [1.165, 1.54) is 4.57 Å². The Morgan fingerprint density at radius 2 is 1.96 bits per heavy atom. The number of benzene rings is 1. The summed E-state index contributed by atoms with van der Waals surface area (Å²) in [6, 6.07) is 7.40. The second-order valence-corrected chi connectivity index (χ2v) is 8.15. The highest BCUT2D eigenvalue weighted by molar-refractivity contribution is 7.91. The third-order valence-electron chi connectivity index (χ3n) is 4.06. The molecule has 1 aromatic carbocycles. The van der Waals surface area contributed by atoms with E-state index in [0.717, 1.165) is 16.7 Å². The summed E-state index contributed by atoms with van der Waals surface area (Å²) in [5, 5.41) is 0. The lowest BCUT2D eigenvalue weighted by Crippen LogP contribution is -2.10. The Labute approximate surface area is 139 Å². The molecule has 0 amide bonds. The molecule has 2 heterocycles. The lowest BCUT2D eigenvalue weighted by atomic mass is 10.0. The van der Waals surface area contributed by atoms with Crippen LogP contribution in [0.15, 0.2) is 45.9 Å². The summed E-state index contributed by atoms with van der Waals surface area (Å²) in [5.74, 6) is -0.145. The Bertz CT molecular complexity index is 1050. The first kappa shape index (κ1) is 16.4. The van der Waals surface area contributed by atoms with Crippen molar-refractivity contribution < 1.29 is 12.8 Å². The quantitative estimate of drug-likeness (QED) is 0.707. The lowest BCUT2D eigenvalue weighted by Gasteiger charge is -2.06. The van der Waals surface area contributed by atoms with Crippen molar-refractivity contribution in [2.75, 3.05) is 11.5 Å². The first-order valence-corrected chi connectivity index (χ1v) is 9.46. The SMILES string of the molecule is CCS(=O)(=O)CCc1cncc(-c2ccc3oc(=O)n(C)c3c2)c1. The molecule has 0 spiro atoms. The molecule has 0 N–H and O–H groups in total. The van der Waals surface area contributed by atoms with Crippen molar-refractivity contribution in [1.29, 1.82) is 0 Å².